The molecule has 3 rings (SSSR count). The van der Waals surface area contributed by atoms with Gasteiger partial charge < -0.3 is 5.32 Å². The van der Waals surface area contributed by atoms with Crippen LogP contribution < -0.4 is 5.32 Å². The Hall–Kier alpha value is -2.04. The number of nitrogens with zero attached hydrogens (tertiary/aromatic N) is 2. The Balaban J connectivity index is 2.23. The standard InChI is InChI=1S/C16H13Cl2N3O/c1-10-5-6-21-13(7-10)19-15(16(21)20-14(22)9-17)11-3-2-4-12(18)8-11/h2-8H,9H2,1H3,(H,20,22). The summed E-state index contributed by atoms with van der Waals surface area (Å²) in [7, 11) is 0. The lowest BCUT2D eigenvalue weighted by atomic mass is 10.1. The van der Waals surface area contributed by atoms with Crippen molar-refractivity contribution in [1.82, 2.24) is 9.38 Å². The van der Waals surface area contributed by atoms with E-state index in [0.29, 0.717) is 16.5 Å². The van der Waals surface area contributed by atoms with E-state index < -0.39 is 0 Å². The minimum Gasteiger partial charge on any atom is -0.309 e. The van der Waals surface area contributed by atoms with E-state index in [9.17, 15) is 4.79 Å². The molecule has 0 aliphatic carbocycles. The summed E-state index contributed by atoms with van der Waals surface area (Å²) in [6.45, 7) is 1.99. The molecule has 0 spiro atoms. The maximum absolute atomic E-state index is 11.7. The summed E-state index contributed by atoms with van der Waals surface area (Å²) in [6, 6.07) is 11.3. The predicted octanol–water partition coefficient (Wildman–Crippen LogP) is 4.14. The number of imidazole rings is 1. The summed E-state index contributed by atoms with van der Waals surface area (Å²) in [5, 5.41) is 3.42. The zero-order valence-electron chi connectivity index (χ0n) is 11.8. The number of rotatable bonds is 3. The summed E-state index contributed by atoms with van der Waals surface area (Å²) in [6.07, 6.45) is 1.87. The molecule has 22 heavy (non-hydrogen) atoms. The Kier molecular flexibility index (Phi) is 4.05. The predicted molar refractivity (Wildman–Crippen MR) is 89.7 cm³/mol. The molecule has 1 amide bonds. The van der Waals surface area contributed by atoms with Gasteiger partial charge in [0.1, 0.15) is 23.0 Å². The van der Waals surface area contributed by atoms with Crippen molar-refractivity contribution in [3.05, 3.63) is 53.2 Å². The molecule has 2 aromatic heterocycles. The van der Waals surface area contributed by atoms with E-state index in [1.807, 2.05) is 47.9 Å². The van der Waals surface area contributed by atoms with Crippen molar-refractivity contribution >= 4 is 40.6 Å². The number of aromatic nitrogens is 2. The molecule has 0 saturated heterocycles. The van der Waals surface area contributed by atoms with Gasteiger partial charge in [0, 0.05) is 16.8 Å². The number of fused-ring (bicyclic) bond motifs is 1. The molecule has 4 nitrogen and oxygen atoms in total. The number of pyridine rings is 1. The van der Waals surface area contributed by atoms with Crippen molar-refractivity contribution < 1.29 is 4.79 Å². The lowest BCUT2D eigenvalue weighted by Gasteiger charge is -2.06. The monoisotopic (exact) mass is 333 g/mol. The molecule has 112 valence electrons. The number of hydrogen-bond donors (Lipinski definition) is 1. The summed E-state index contributed by atoms with van der Waals surface area (Å²) in [5.41, 5.74) is 3.33. The van der Waals surface area contributed by atoms with Crippen LogP contribution in [0.15, 0.2) is 42.6 Å². The molecule has 1 N–H and O–H groups in total. The van der Waals surface area contributed by atoms with Crippen LogP contribution in [0.2, 0.25) is 5.02 Å². The fourth-order valence-electron chi connectivity index (χ4n) is 2.27. The molecule has 1 aromatic carbocycles. The average Bonchev–Trinajstić information content (AvgIpc) is 2.85. The smallest absolute Gasteiger partial charge is 0.240 e. The molecule has 0 radical (unpaired) electrons. The molecule has 0 unspecified atom stereocenters. The number of carbonyl (C=O) groups excluding carboxylic acids is 1. The van der Waals surface area contributed by atoms with Crippen molar-refractivity contribution in [1.29, 1.82) is 0 Å². The van der Waals surface area contributed by atoms with Crippen molar-refractivity contribution in [2.45, 2.75) is 6.92 Å². The molecular formula is C16H13Cl2N3O. The van der Waals surface area contributed by atoms with Crippen molar-refractivity contribution in [2.24, 2.45) is 0 Å². The highest BCUT2D eigenvalue weighted by Crippen LogP contribution is 2.30. The molecule has 3 aromatic rings. The van der Waals surface area contributed by atoms with E-state index in [1.54, 1.807) is 6.07 Å². The number of nitrogens with one attached hydrogen (secondary N) is 1. The second-order valence-electron chi connectivity index (χ2n) is 4.93. The molecule has 0 fully saturated rings. The van der Waals surface area contributed by atoms with Gasteiger partial charge in [0.2, 0.25) is 5.91 Å². The van der Waals surface area contributed by atoms with Crippen molar-refractivity contribution in [3.63, 3.8) is 0 Å². The minimum atomic E-state index is -0.285. The average molecular weight is 334 g/mol. The Morgan fingerprint density at radius 1 is 1.32 bits per heavy atom. The van der Waals surface area contributed by atoms with Gasteiger partial charge in [0.25, 0.3) is 0 Å². The Morgan fingerprint density at radius 3 is 2.86 bits per heavy atom. The van der Waals surface area contributed by atoms with Crippen LogP contribution in [0.25, 0.3) is 16.9 Å². The Morgan fingerprint density at radius 2 is 2.14 bits per heavy atom. The summed E-state index contributed by atoms with van der Waals surface area (Å²) >= 11 is 11.7. The minimum absolute atomic E-state index is 0.117. The zero-order chi connectivity index (χ0) is 15.7. The molecule has 2 heterocycles. The Labute approximate surface area is 137 Å². The van der Waals surface area contributed by atoms with Gasteiger partial charge >= 0.3 is 0 Å². The van der Waals surface area contributed by atoms with Gasteiger partial charge in [-0.1, -0.05) is 23.7 Å². The number of halogens is 2. The van der Waals surface area contributed by atoms with Crippen LogP contribution in [0.3, 0.4) is 0 Å². The van der Waals surface area contributed by atoms with Gasteiger partial charge in [-0.2, -0.15) is 0 Å². The first-order chi connectivity index (χ1) is 10.6. The molecule has 0 aliphatic heterocycles. The van der Waals surface area contributed by atoms with E-state index >= 15 is 0 Å². The quantitative estimate of drug-likeness (QED) is 0.732. The zero-order valence-corrected chi connectivity index (χ0v) is 13.3. The van der Waals surface area contributed by atoms with Gasteiger partial charge in [0.15, 0.2) is 0 Å². The first-order valence-electron chi connectivity index (χ1n) is 6.69. The van der Waals surface area contributed by atoms with Gasteiger partial charge in [-0.05, 0) is 36.8 Å². The van der Waals surface area contributed by atoms with Crippen LogP contribution in [0.4, 0.5) is 5.82 Å². The van der Waals surface area contributed by atoms with Crippen LogP contribution in [-0.2, 0) is 4.79 Å². The largest absolute Gasteiger partial charge is 0.309 e. The number of hydrogen-bond acceptors (Lipinski definition) is 2. The molecule has 0 atom stereocenters. The van der Waals surface area contributed by atoms with E-state index in [1.165, 1.54) is 0 Å². The van der Waals surface area contributed by atoms with Gasteiger partial charge in [0.05, 0.1) is 0 Å². The van der Waals surface area contributed by atoms with Crippen LogP contribution >= 0.6 is 23.2 Å². The molecule has 0 bridgehead atoms. The number of alkyl halides is 1. The molecule has 0 saturated carbocycles. The Bertz CT molecular complexity index is 858. The maximum atomic E-state index is 11.7. The fourth-order valence-corrected chi connectivity index (χ4v) is 2.53. The molecule has 0 aliphatic rings. The fraction of sp³-hybridized carbons (Fsp3) is 0.125. The third-order valence-corrected chi connectivity index (χ3v) is 3.74. The van der Waals surface area contributed by atoms with Crippen LogP contribution in [0.1, 0.15) is 5.56 Å². The van der Waals surface area contributed by atoms with Crippen molar-refractivity contribution in [2.75, 3.05) is 11.2 Å². The SMILES string of the molecule is Cc1ccn2c(NC(=O)CCl)c(-c3cccc(Cl)c3)nc2c1. The number of amides is 1. The highest BCUT2D eigenvalue weighted by molar-refractivity contribution is 6.31. The van der Waals surface area contributed by atoms with Gasteiger partial charge in [-0.15, -0.1) is 11.6 Å². The van der Waals surface area contributed by atoms with E-state index in [4.69, 9.17) is 23.2 Å². The first kappa shape index (κ1) is 14.9. The number of anilines is 1. The molecule has 6 heteroatoms. The summed E-state index contributed by atoms with van der Waals surface area (Å²) < 4.78 is 1.83. The third-order valence-electron chi connectivity index (χ3n) is 3.26. The molecular weight excluding hydrogens is 321 g/mol. The number of benzene rings is 1. The highest BCUT2D eigenvalue weighted by atomic mass is 35.5. The van der Waals surface area contributed by atoms with Crippen LogP contribution in [0.5, 0.6) is 0 Å². The number of aryl methyl sites for hydroxylation is 1. The van der Waals surface area contributed by atoms with Gasteiger partial charge in [-0.25, -0.2) is 4.98 Å². The first-order valence-corrected chi connectivity index (χ1v) is 7.60. The topological polar surface area (TPSA) is 46.4 Å². The normalized spacial score (nSPS) is 10.9. The lowest BCUT2D eigenvalue weighted by Crippen LogP contribution is -2.14. The van der Waals surface area contributed by atoms with Crippen LogP contribution in [0, 0.1) is 6.92 Å². The lowest BCUT2D eigenvalue weighted by molar-refractivity contribution is -0.113. The maximum Gasteiger partial charge on any atom is 0.240 e. The van der Waals surface area contributed by atoms with Crippen LogP contribution in [-0.4, -0.2) is 21.2 Å². The van der Waals surface area contributed by atoms with E-state index in [2.05, 4.69) is 10.3 Å². The highest BCUT2D eigenvalue weighted by Gasteiger charge is 2.16. The van der Waals surface area contributed by atoms with E-state index in [-0.39, 0.29) is 11.8 Å². The van der Waals surface area contributed by atoms with Gasteiger partial charge in [-0.3, -0.25) is 9.20 Å². The second kappa shape index (κ2) is 5.99. The summed E-state index contributed by atoms with van der Waals surface area (Å²) in [4.78, 5) is 16.3. The summed E-state index contributed by atoms with van der Waals surface area (Å²) in [5.74, 6) is 0.184. The second-order valence-corrected chi connectivity index (χ2v) is 5.64. The van der Waals surface area contributed by atoms with Crippen molar-refractivity contribution in [3.8, 4) is 11.3 Å². The third kappa shape index (κ3) is 2.80. The number of carbonyl (C=O) groups is 1. The van der Waals surface area contributed by atoms with E-state index in [0.717, 1.165) is 16.8 Å².